The lowest BCUT2D eigenvalue weighted by Gasteiger charge is -2.28. The van der Waals surface area contributed by atoms with Crippen LogP contribution in [0.4, 0.5) is 4.79 Å². The van der Waals surface area contributed by atoms with Gasteiger partial charge in [0.2, 0.25) is 0 Å². The van der Waals surface area contributed by atoms with E-state index in [0.717, 1.165) is 19.3 Å². The Bertz CT molecular complexity index is 285. The third-order valence-corrected chi connectivity index (χ3v) is 3.20. The highest BCUT2D eigenvalue weighted by Gasteiger charge is 2.36. The van der Waals surface area contributed by atoms with E-state index < -0.39 is 23.9 Å². The third-order valence-electron chi connectivity index (χ3n) is 3.20. The first kappa shape index (κ1) is 15.2. The van der Waals surface area contributed by atoms with Crippen LogP contribution < -0.4 is 5.32 Å². The molecule has 0 saturated heterocycles. The fourth-order valence-corrected chi connectivity index (χ4v) is 2.39. The maximum atomic E-state index is 11.7. The van der Waals surface area contributed by atoms with E-state index in [4.69, 9.17) is 4.74 Å². The molecular weight excluding hydrogens is 234 g/mol. The van der Waals surface area contributed by atoms with Crippen LogP contribution in [-0.4, -0.2) is 40.2 Å². The fraction of sp³-hybridized carbons (Fsp3) is 0.923. The molecule has 1 aliphatic rings. The Morgan fingerprint density at radius 1 is 1.33 bits per heavy atom. The molecule has 4 atom stereocenters. The first-order chi connectivity index (χ1) is 8.20. The molecule has 0 aromatic rings. The molecule has 0 radical (unpaired) electrons. The number of carbonyl (C=O) groups is 1. The van der Waals surface area contributed by atoms with Crippen LogP contribution in [0.5, 0.6) is 0 Å². The molecule has 0 aromatic carbocycles. The lowest BCUT2D eigenvalue weighted by atomic mass is 9.93. The molecule has 5 heteroatoms. The van der Waals surface area contributed by atoms with Crippen molar-refractivity contribution in [2.24, 2.45) is 5.92 Å². The molecule has 0 spiro atoms. The Kier molecular flexibility index (Phi) is 4.99. The number of carbonyl (C=O) groups excluding carboxylic acids is 1. The molecule has 0 aliphatic heterocycles. The van der Waals surface area contributed by atoms with Crippen molar-refractivity contribution in [3.63, 3.8) is 0 Å². The van der Waals surface area contributed by atoms with Crippen LogP contribution in [0.15, 0.2) is 0 Å². The lowest BCUT2D eigenvalue weighted by molar-refractivity contribution is -0.0143. The molecule has 1 saturated carbocycles. The molecule has 18 heavy (non-hydrogen) atoms. The van der Waals surface area contributed by atoms with E-state index in [0.29, 0.717) is 0 Å². The van der Waals surface area contributed by atoms with Crippen molar-refractivity contribution in [3.8, 4) is 0 Å². The van der Waals surface area contributed by atoms with E-state index >= 15 is 0 Å². The number of hydrogen-bond acceptors (Lipinski definition) is 4. The highest BCUT2D eigenvalue weighted by molar-refractivity contribution is 5.68. The quantitative estimate of drug-likeness (QED) is 0.716. The summed E-state index contributed by atoms with van der Waals surface area (Å²) >= 11 is 0. The molecule has 0 bridgehead atoms. The second-order valence-corrected chi connectivity index (χ2v) is 6.08. The van der Waals surface area contributed by atoms with Gasteiger partial charge in [-0.25, -0.2) is 4.79 Å². The summed E-state index contributed by atoms with van der Waals surface area (Å²) in [5.74, 6) is -0.0995. The van der Waals surface area contributed by atoms with Gasteiger partial charge in [-0.3, -0.25) is 0 Å². The standard InChI is InChI=1S/C13H25NO4/c1-8(15)11(16)9-6-5-7-10(9)14-12(17)18-13(2,3)4/h8-11,15-16H,5-7H2,1-4H3,(H,14,17)/t8-,9-,10+,11+/m1/s1. The number of aliphatic hydroxyl groups is 2. The number of amides is 1. The van der Waals surface area contributed by atoms with Gasteiger partial charge < -0.3 is 20.3 Å². The number of alkyl carbamates (subject to hydrolysis) is 1. The first-order valence-corrected chi connectivity index (χ1v) is 6.56. The second kappa shape index (κ2) is 5.89. The van der Waals surface area contributed by atoms with Gasteiger partial charge in [0, 0.05) is 12.0 Å². The Morgan fingerprint density at radius 2 is 1.94 bits per heavy atom. The monoisotopic (exact) mass is 259 g/mol. The minimum absolute atomic E-state index is 0.0995. The smallest absolute Gasteiger partial charge is 0.407 e. The zero-order valence-corrected chi connectivity index (χ0v) is 11.6. The molecule has 1 aliphatic carbocycles. The van der Waals surface area contributed by atoms with Gasteiger partial charge in [0.05, 0.1) is 12.2 Å². The van der Waals surface area contributed by atoms with Gasteiger partial charge in [-0.1, -0.05) is 6.42 Å². The summed E-state index contributed by atoms with van der Waals surface area (Å²) in [4.78, 5) is 11.7. The Morgan fingerprint density at radius 3 is 2.44 bits per heavy atom. The van der Waals surface area contributed by atoms with Gasteiger partial charge in [0.25, 0.3) is 0 Å². The molecule has 0 aromatic heterocycles. The van der Waals surface area contributed by atoms with Crippen molar-refractivity contribution in [2.45, 2.75) is 70.8 Å². The highest BCUT2D eigenvalue weighted by Crippen LogP contribution is 2.30. The number of aliphatic hydroxyl groups excluding tert-OH is 2. The predicted molar refractivity (Wildman–Crippen MR) is 68.2 cm³/mol. The van der Waals surface area contributed by atoms with Crippen LogP contribution >= 0.6 is 0 Å². The minimum atomic E-state index is -0.799. The fourth-order valence-electron chi connectivity index (χ4n) is 2.39. The Balaban J connectivity index is 2.53. The van der Waals surface area contributed by atoms with E-state index in [-0.39, 0.29) is 12.0 Å². The molecule has 5 nitrogen and oxygen atoms in total. The van der Waals surface area contributed by atoms with Crippen LogP contribution in [0.1, 0.15) is 47.0 Å². The Labute approximate surface area is 109 Å². The number of rotatable bonds is 3. The Hall–Kier alpha value is -0.810. The summed E-state index contributed by atoms with van der Waals surface area (Å²) in [6, 6.07) is -0.121. The highest BCUT2D eigenvalue weighted by atomic mass is 16.6. The first-order valence-electron chi connectivity index (χ1n) is 6.56. The molecule has 1 rings (SSSR count). The van der Waals surface area contributed by atoms with Gasteiger partial charge in [0.15, 0.2) is 0 Å². The van der Waals surface area contributed by atoms with E-state index in [1.807, 2.05) is 20.8 Å². The van der Waals surface area contributed by atoms with Gasteiger partial charge in [-0.15, -0.1) is 0 Å². The van der Waals surface area contributed by atoms with Crippen molar-refractivity contribution in [3.05, 3.63) is 0 Å². The van der Waals surface area contributed by atoms with Crippen LogP contribution in [-0.2, 0) is 4.74 Å². The molecule has 106 valence electrons. The van der Waals surface area contributed by atoms with Gasteiger partial charge in [-0.05, 0) is 40.5 Å². The van der Waals surface area contributed by atoms with Crippen molar-refractivity contribution < 1.29 is 19.7 Å². The van der Waals surface area contributed by atoms with Gasteiger partial charge in [-0.2, -0.15) is 0 Å². The van der Waals surface area contributed by atoms with Crippen molar-refractivity contribution >= 4 is 6.09 Å². The minimum Gasteiger partial charge on any atom is -0.444 e. The second-order valence-electron chi connectivity index (χ2n) is 6.08. The predicted octanol–water partition coefficient (Wildman–Crippen LogP) is 1.42. The largest absolute Gasteiger partial charge is 0.444 e. The molecule has 0 heterocycles. The molecular formula is C13H25NO4. The SMILES string of the molecule is C[C@@H](O)[C@H](O)[C@@H]1CCC[C@@H]1NC(=O)OC(C)(C)C. The lowest BCUT2D eigenvalue weighted by Crippen LogP contribution is -2.46. The molecule has 0 unspecified atom stereocenters. The van der Waals surface area contributed by atoms with Gasteiger partial charge in [0.1, 0.15) is 5.60 Å². The summed E-state index contributed by atoms with van der Waals surface area (Å²) in [5.41, 5.74) is -0.527. The summed E-state index contributed by atoms with van der Waals surface area (Å²) < 4.78 is 5.19. The van der Waals surface area contributed by atoms with Gasteiger partial charge >= 0.3 is 6.09 Å². The molecule has 1 fully saturated rings. The average Bonchev–Trinajstić information content (AvgIpc) is 2.61. The van der Waals surface area contributed by atoms with E-state index in [1.165, 1.54) is 0 Å². The maximum Gasteiger partial charge on any atom is 0.407 e. The van der Waals surface area contributed by atoms with Crippen molar-refractivity contribution in [2.75, 3.05) is 0 Å². The number of ether oxygens (including phenoxy) is 1. The van der Waals surface area contributed by atoms with Crippen molar-refractivity contribution in [1.29, 1.82) is 0 Å². The summed E-state index contributed by atoms with van der Waals surface area (Å²) in [6.07, 6.45) is 0.524. The topological polar surface area (TPSA) is 78.8 Å². The van der Waals surface area contributed by atoms with Crippen molar-refractivity contribution in [1.82, 2.24) is 5.32 Å². The van der Waals surface area contributed by atoms with Crippen LogP contribution in [0, 0.1) is 5.92 Å². The zero-order chi connectivity index (χ0) is 13.9. The molecule has 3 N–H and O–H groups in total. The van der Waals surface area contributed by atoms with E-state index in [9.17, 15) is 15.0 Å². The van der Waals surface area contributed by atoms with E-state index in [1.54, 1.807) is 6.92 Å². The van der Waals surface area contributed by atoms with Crippen LogP contribution in [0.25, 0.3) is 0 Å². The number of nitrogens with one attached hydrogen (secondary N) is 1. The summed E-state index contributed by atoms with van der Waals surface area (Å²) in [5, 5.41) is 22.1. The summed E-state index contributed by atoms with van der Waals surface area (Å²) in [7, 11) is 0. The zero-order valence-electron chi connectivity index (χ0n) is 11.6. The normalized spacial score (nSPS) is 27.7. The third kappa shape index (κ3) is 4.46. The van der Waals surface area contributed by atoms with Crippen LogP contribution in [0.2, 0.25) is 0 Å². The number of hydrogen-bond donors (Lipinski definition) is 3. The molecule has 1 amide bonds. The van der Waals surface area contributed by atoms with Crippen LogP contribution in [0.3, 0.4) is 0 Å². The summed E-state index contributed by atoms with van der Waals surface area (Å²) in [6.45, 7) is 6.99. The van der Waals surface area contributed by atoms with E-state index in [2.05, 4.69) is 5.32 Å². The average molecular weight is 259 g/mol. The maximum absolute atomic E-state index is 11.7.